The van der Waals surface area contributed by atoms with Gasteiger partial charge in [-0.05, 0) is 19.3 Å². The first kappa shape index (κ1) is 7.86. The third kappa shape index (κ3) is 4.03. The molecule has 0 spiro atoms. The minimum atomic E-state index is -0.818. The minimum Gasteiger partial charge on any atom is -0.248 e. The quantitative estimate of drug-likeness (QED) is 0.536. The molecule has 0 aromatic heterocycles. The molecule has 1 unspecified atom stereocenters. The topological polar surface area (TPSA) is 0 Å². The molecule has 8 heavy (non-hydrogen) atoms. The zero-order chi connectivity index (χ0) is 6.41. The average molecular weight is 121 g/mol. The lowest BCUT2D eigenvalue weighted by molar-refractivity contribution is 0.298. The van der Waals surface area contributed by atoms with Gasteiger partial charge >= 0.3 is 0 Å². The van der Waals surface area contributed by atoms with Crippen LogP contribution in [0.25, 0.3) is 0 Å². The second-order valence-electron chi connectivity index (χ2n) is 1.74. The van der Waals surface area contributed by atoms with Crippen LogP contribution in [-0.4, -0.2) is 6.17 Å². The highest BCUT2D eigenvalue weighted by molar-refractivity contribution is 4.56. The molecule has 49 valence electrons. The Balaban J connectivity index is 2.86. The van der Waals surface area contributed by atoms with Crippen molar-refractivity contribution in [3.8, 4) is 0 Å². The fourth-order valence-electron chi connectivity index (χ4n) is 0.448. The maximum atomic E-state index is 12.1. The van der Waals surface area contributed by atoms with Gasteiger partial charge in [-0.1, -0.05) is 6.92 Å². The summed E-state index contributed by atoms with van der Waals surface area (Å²) in [7, 11) is 0. The summed E-state index contributed by atoms with van der Waals surface area (Å²) in [6.07, 6.45) is 0.248. The van der Waals surface area contributed by atoms with Crippen LogP contribution in [0.1, 0.15) is 26.2 Å². The first-order valence-electron chi connectivity index (χ1n) is 2.87. The molecule has 0 aliphatic rings. The molecule has 1 atom stereocenters. The first-order valence-corrected chi connectivity index (χ1v) is 2.87. The van der Waals surface area contributed by atoms with E-state index in [1.54, 1.807) is 6.92 Å². The number of alkyl halides is 1. The lowest BCUT2D eigenvalue weighted by atomic mass is 10.2. The van der Waals surface area contributed by atoms with E-state index in [1.165, 1.54) is 0 Å². The van der Waals surface area contributed by atoms with Crippen molar-refractivity contribution in [2.45, 2.75) is 32.4 Å². The number of rotatable bonds is 4. The van der Waals surface area contributed by atoms with Crippen LogP contribution < -0.4 is 0 Å². The van der Waals surface area contributed by atoms with Crippen LogP contribution in [0, 0.1) is 6.67 Å². The number of hydrogen-bond donors (Lipinski definition) is 0. The van der Waals surface area contributed by atoms with Gasteiger partial charge in [0, 0.05) is 0 Å². The third-order valence-electron chi connectivity index (χ3n) is 1.03. The molecule has 0 nitrogen and oxygen atoms in total. The van der Waals surface area contributed by atoms with Gasteiger partial charge in [-0.25, -0.2) is 8.78 Å². The van der Waals surface area contributed by atoms with Gasteiger partial charge in [-0.2, -0.15) is 0 Å². The van der Waals surface area contributed by atoms with Crippen LogP contribution in [0.2, 0.25) is 0 Å². The molecule has 0 heterocycles. The summed E-state index contributed by atoms with van der Waals surface area (Å²) in [4.78, 5) is 0. The van der Waals surface area contributed by atoms with Gasteiger partial charge < -0.3 is 0 Å². The highest BCUT2D eigenvalue weighted by Crippen LogP contribution is 2.06. The highest BCUT2D eigenvalue weighted by Gasteiger charge is 2.00. The maximum absolute atomic E-state index is 12.1. The first-order chi connectivity index (χ1) is 3.81. The second-order valence-corrected chi connectivity index (χ2v) is 1.74. The van der Waals surface area contributed by atoms with Gasteiger partial charge in [0.1, 0.15) is 6.67 Å². The Hall–Kier alpha value is -0.140. The van der Waals surface area contributed by atoms with Crippen molar-refractivity contribution in [3.05, 3.63) is 6.67 Å². The fourth-order valence-corrected chi connectivity index (χ4v) is 0.448. The lowest BCUT2D eigenvalue weighted by Gasteiger charge is -1.99. The summed E-state index contributed by atoms with van der Waals surface area (Å²) in [5.74, 6) is 0. The standard InChI is InChI=1S/C6H11F2/c1-2-6(8)4-3-5-7/h5-6H,2-4H2,1H3. The summed E-state index contributed by atoms with van der Waals surface area (Å²) >= 11 is 0. The van der Waals surface area contributed by atoms with E-state index in [2.05, 4.69) is 0 Å². The molecule has 0 saturated carbocycles. The molecule has 0 aliphatic carbocycles. The van der Waals surface area contributed by atoms with Gasteiger partial charge in [-0.3, -0.25) is 0 Å². The van der Waals surface area contributed by atoms with Gasteiger partial charge in [0.25, 0.3) is 0 Å². The maximum Gasteiger partial charge on any atom is 0.131 e. The van der Waals surface area contributed by atoms with E-state index < -0.39 is 6.17 Å². The molecule has 0 saturated heterocycles. The van der Waals surface area contributed by atoms with E-state index in [1.807, 2.05) is 0 Å². The molecule has 0 aliphatic heterocycles. The average Bonchev–Trinajstić information content (AvgIpc) is 1.83. The highest BCUT2D eigenvalue weighted by atomic mass is 19.1. The molecular formula is C6H11F2. The van der Waals surface area contributed by atoms with Crippen LogP contribution in [0.4, 0.5) is 8.78 Å². The van der Waals surface area contributed by atoms with Crippen LogP contribution in [0.15, 0.2) is 0 Å². The van der Waals surface area contributed by atoms with Gasteiger partial charge in [0.15, 0.2) is 0 Å². The molecule has 0 N–H and O–H groups in total. The van der Waals surface area contributed by atoms with Crippen molar-refractivity contribution in [3.63, 3.8) is 0 Å². The van der Waals surface area contributed by atoms with Gasteiger partial charge in [-0.15, -0.1) is 0 Å². The predicted molar refractivity (Wildman–Crippen MR) is 29.8 cm³/mol. The third-order valence-corrected chi connectivity index (χ3v) is 1.03. The Kier molecular flexibility index (Phi) is 4.92. The fraction of sp³-hybridized carbons (Fsp3) is 0.833. The Morgan fingerprint density at radius 1 is 1.62 bits per heavy atom. The number of hydrogen-bond acceptors (Lipinski definition) is 0. The van der Waals surface area contributed by atoms with E-state index in [0.717, 1.165) is 0 Å². The second kappa shape index (κ2) is 5.01. The summed E-state index contributed by atoms with van der Waals surface area (Å²) in [5.41, 5.74) is 0. The molecule has 0 aromatic carbocycles. The van der Waals surface area contributed by atoms with Crippen LogP contribution >= 0.6 is 0 Å². The summed E-state index contributed by atoms with van der Waals surface area (Å²) in [5, 5.41) is 0. The Labute approximate surface area is 48.9 Å². The number of halogens is 2. The van der Waals surface area contributed by atoms with Crippen molar-refractivity contribution >= 4 is 0 Å². The Bertz CT molecular complexity index is 45.8. The van der Waals surface area contributed by atoms with Gasteiger partial charge in [0.2, 0.25) is 0 Å². The molecule has 0 aromatic rings. The smallest absolute Gasteiger partial charge is 0.131 e. The summed E-state index contributed by atoms with van der Waals surface area (Å²) in [6.45, 7) is 2.26. The molecular weight excluding hydrogens is 110 g/mol. The normalized spacial score (nSPS) is 13.9. The Morgan fingerprint density at radius 2 is 2.25 bits per heavy atom. The molecule has 1 radical (unpaired) electrons. The van der Waals surface area contributed by atoms with Crippen molar-refractivity contribution in [1.29, 1.82) is 0 Å². The summed E-state index contributed by atoms with van der Waals surface area (Å²) < 4.78 is 23.3. The van der Waals surface area contributed by atoms with Crippen molar-refractivity contribution in [2.24, 2.45) is 0 Å². The Morgan fingerprint density at radius 3 is 2.62 bits per heavy atom. The van der Waals surface area contributed by atoms with E-state index in [9.17, 15) is 8.78 Å². The molecule has 0 rings (SSSR count). The molecule has 0 fully saturated rings. The molecule has 0 bridgehead atoms. The monoisotopic (exact) mass is 121 g/mol. The van der Waals surface area contributed by atoms with E-state index in [4.69, 9.17) is 0 Å². The van der Waals surface area contributed by atoms with E-state index in [0.29, 0.717) is 19.5 Å². The largest absolute Gasteiger partial charge is 0.248 e. The van der Waals surface area contributed by atoms with Crippen LogP contribution in [-0.2, 0) is 0 Å². The van der Waals surface area contributed by atoms with Crippen molar-refractivity contribution < 1.29 is 8.78 Å². The zero-order valence-corrected chi connectivity index (χ0v) is 5.03. The van der Waals surface area contributed by atoms with Crippen LogP contribution in [0.5, 0.6) is 0 Å². The molecule has 0 amide bonds. The van der Waals surface area contributed by atoms with Crippen LogP contribution in [0.3, 0.4) is 0 Å². The van der Waals surface area contributed by atoms with Crippen molar-refractivity contribution in [2.75, 3.05) is 0 Å². The zero-order valence-electron chi connectivity index (χ0n) is 5.03. The predicted octanol–water partition coefficient (Wildman–Crippen LogP) is 2.65. The SMILES string of the molecule is CCC(F)CC[CH]F. The summed E-state index contributed by atoms with van der Waals surface area (Å²) in [6, 6.07) is 0. The van der Waals surface area contributed by atoms with E-state index >= 15 is 0 Å². The van der Waals surface area contributed by atoms with Gasteiger partial charge in [0.05, 0.1) is 6.17 Å². The molecule has 2 heteroatoms. The minimum absolute atomic E-state index is 0.245. The van der Waals surface area contributed by atoms with Crippen molar-refractivity contribution in [1.82, 2.24) is 0 Å². The lowest BCUT2D eigenvalue weighted by Crippen LogP contribution is -1.95. The van der Waals surface area contributed by atoms with E-state index in [-0.39, 0.29) is 6.42 Å².